The average molecular weight is 228 g/mol. The predicted octanol–water partition coefficient (Wildman–Crippen LogP) is 1.60. The van der Waals surface area contributed by atoms with Gasteiger partial charge >= 0.3 is 0 Å². The van der Waals surface area contributed by atoms with E-state index in [4.69, 9.17) is 10.8 Å². The van der Waals surface area contributed by atoms with Gasteiger partial charge in [-0.3, -0.25) is 4.90 Å². The van der Waals surface area contributed by atoms with Gasteiger partial charge in [0.25, 0.3) is 0 Å². The van der Waals surface area contributed by atoms with Crippen LogP contribution in [0.2, 0.25) is 0 Å². The molecule has 3 N–H and O–H groups in total. The summed E-state index contributed by atoms with van der Waals surface area (Å²) in [4.78, 5) is 2.41. The van der Waals surface area contributed by atoms with Gasteiger partial charge < -0.3 is 10.8 Å². The Balaban J connectivity index is 2.31. The molecular weight excluding hydrogens is 200 g/mol. The maximum absolute atomic E-state index is 9.06. The summed E-state index contributed by atoms with van der Waals surface area (Å²) in [7, 11) is 0. The van der Waals surface area contributed by atoms with Crippen LogP contribution in [0.15, 0.2) is 0 Å². The lowest BCUT2D eigenvalue weighted by Crippen LogP contribution is -2.45. The molecule has 0 aromatic heterocycles. The van der Waals surface area contributed by atoms with Crippen molar-refractivity contribution in [1.29, 1.82) is 0 Å². The van der Waals surface area contributed by atoms with Gasteiger partial charge in [-0.1, -0.05) is 27.2 Å². The third kappa shape index (κ3) is 4.04. The second kappa shape index (κ2) is 5.99. The molecule has 3 heteroatoms. The van der Waals surface area contributed by atoms with Gasteiger partial charge in [0, 0.05) is 25.2 Å². The van der Waals surface area contributed by atoms with Gasteiger partial charge in [-0.05, 0) is 24.7 Å². The number of aliphatic hydroxyl groups is 1. The fourth-order valence-corrected chi connectivity index (χ4v) is 2.10. The van der Waals surface area contributed by atoms with Crippen molar-refractivity contribution in [2.45, 2.75) is 58.5 Å². The van der Waals surface area contributed by atoms with Crippen LogP contribution in [-0.4, -0.2) is 41.8 Å². The van der Waals surface area contributed by atoms with E-state index in [1.807, 2.05) is 0 Å². The van der Waals surface area contributed by atoms with Gasteiger partial charge in [-0.2, -0.15) is 0 Å². The highest BCUT2D eigenvalue weighted by molar-refractivity contribution is 4.83. The Morgan fingerprint density at radius 1 is 1.31 bits per heavy atom. The van der Waals surface area contributed by atoms with Gasteiger partial charge in [-0.15, -0.1) is 0 Å². The Hall–Kier alpha value is -0.120. The molecule has 1 unspecified atom stereocenters. The lowest BCUT2D eigenvalue weighted by Gasteiger charge is -2.38. The average Bonchev–Trinajstić information content (AvgIpc) is 2.09. The van der Waals surface area contributed by atoms with Crippen LogP contribution in [0.3, 0.4) is 0 Å². The van der Waals surface area contributed by atoms with Crippen molar-refractivity contribution in [3.63, 3.8) is 0 Å². The summed E-state index contributed by atoms with van der Waals surface area (Å²) >= 11 is 0. The van der Waals surface area contributed by atoms with Crippen molar-refractivity contribution in [3.05, 3.63) is 0 Å². The first kappa shape index (κ1) is 13.9. The molecule has 0 aromatic carbocycles. The third-order valence-electron chi connectivity index (χ3n) is 3.82. The van der Waals surface area contributed by atoms with E-state index in [2.05, 4.69) is 25.7 Å². The van der Waals surface area contributed by atoms with Crippen molar-refractivity contribution in [2.75, 3.05) is 19.7 Å². The second-order valence-corrected chi connectivity index (χ2v) is 6.11. The summed E-state index contributed by atoms with van der Waals surface area (Å²) in [6, 6.07) is 0.952. The molecule has 0 aromatic rings. The first-order valence-electron chi connectivity index (χ1n) is 6.55. The zero-order valence-corrected chi connectivity index (χ0v) is 11.1. The Bertz CT molecular complexity index is 197. The molecule has 1 aliphatic carbocycles. The highest BCUT2D eigenvalue weighted by atomic mass is 16.3. The highest BCUT2D eigenvalue weighted by Crippen LogP contribution is 2.26. The molecule has 1 aliphatic rings. The van der Waals surface area contributed by atoms with Crippen LogP contribution < -0.4 is 5.73 Å². The van der Waals surface area contributed by atoms with Crippen molar-refractivity contribution in [1.82, 2.24) is 4.90 Å². The molecule has 0 radical (unpaired) electrons. The molecule has 0 spiro atoms. The minimum absolute atomic E-state index is 0.185. The van der Waals surface area contributed by atoms with Crippen LogP contribution >= 0.6 is 0 Å². The fraction of sp³-hybridized carbons (Fsp3) is 1.00. The SMILES string of the molecule is CC(C)(C)C(N)CCN(CCO)C1CCC1. The van der Waals surface area contributed by atoms with Crippen LogP contribution in [0, 0.1) is 5.41 Å². The van der Waals surface area contributed by atoms with E-state index in [-0.39, 0.29) is 18.1 Å². The Morgan fingerprint density at radius 2 is 1.94 bits per heavy atom. The van der Waals surface area contributed by atoms with Gasteiger partial charge in [-0.25, -0.2) is 0 Å². The van der Waals surface area contributed by atoms with Crippen LogP contribution in [0.5, 0.6) is 0 Å². The molecule has 1 saturated carbocycles. The number of rotatable bonds is 6. The molecule has 16 heavy (non-hydrogen) atoms. The van der Waals surface area contributed by atoms with Crippen molar-refractivity contribution in [3.8, 4) is 0 Å². The van der Waals surface area contributed by atoms with Crippen molar-refractivity contribution >= 4 is 0 Å². The van der Waals surface area contributed by atoms with Gasteiger partial charge in [0.05, 0.1) is 6.61 Å². The van der Waals surface area contributed by atoms with Crippen LogP contribution in [0.1, 0.15) is 46.5 Å². The topological polar surface area (TPSA) is 49.5 Å². The molecule has 0 saturated heterocycles. The Morgan fingerprint density at radius 3 is 2.31 bits per heavy atom. The lowest BCUT2D eigenvalue weighted by molar-refractivity contribution is 0.0934. The van der Waals surface area contributed by atoms with Crippen molar-refractivity contribution < 1.29 is 5.11 Å². The number of hydrogen-bond acceptors (Lipinski definition) is 3. The van der Waals surface area contributed by atoms with Gasteiger partial charge in [0.1, 0.15) is 0 Å². The summed E-state index contributed by atoms with van der Waals surface area (Å²) in [5.41, 5.74) is 6.35. The molecule has 1 fully saturated rings. The number of aliphatic hydroxyl groups excluding tert-OH is 1. The maximum Gasteiger partial charge on any atom is 0.0558 e. The minimum Gasteiger partial charge on any atom is -0.395 e. The first-order chi connectivity index (χ1) is 7.45. The molecule has 3 nitrogen and oxygen atoms in total. The van der Waals surface area contributed by atoms with Gasteiger partial charge in [0.2, 0.25) is 0 Å². The molecular formula is C13H28N2O. The third-order valence-corrected chi connectivity index (χ3v) is 3.82. The monoisotopic (exact) mass is 228 g/mol. The minimum atomic E-state index is 0.185. The smallest absolute Gasteiger partial charge is 0.0558 e. The Labute approximate surface area is 100 Å². The predicted molar refractivity (Wildman–Crippen MR) is 68.3 cm³/mol. The summed E-state index contributed by atoms with van der Waals surface area (Å²) in [6.07, 6.45) is 4.97. The Kier molecular flexibility index (Phi) is 5.22. The molecule has 1 atom stereocenters. The number of nitrogens with zero attached hydrogens (tertiary/aromatic N) is 1. The zero-order chi connectivity index (χ0) is 12.2. The van der Waals surface area contributed by atoms with E-state index in [1.54, 1.807) is 0 Å². The molecule has 0 amide bonds. The first-order valence-corrected chi connectivity index (χ1v) is 6.55. The van der Waals surface area contributed by atoms with Crippen molar-refractivity contribution in [2.24, 2.45) is 11.1 Å². The van der Waals surface area contributed by atoms with E-state index in [9.17, 15) is 0 Å². The number of nitrogens with two attached hydrogens (primary N) is 1. The lowest BCUT2D eigenvalue weighted by atomic mass is 9.85. The quantitative estimate of drug-likeness (QED) is 0.726. The zero-order valence-electron chi connectivity index (χ0n) is 11.1. The normalized spacial score (nSPS) is 19.9. The van der Waals surface area contributed by atoms with E-state index < -0.39 is 0 Å². The molecule has 0 bridgehead atoms. The highest BCUT2D eigenvalue weighted by Gasteiger charge is 2.26. The summed E-state index contributed by atoms with van der Waals surface area (Å²) in [6.45, 7) is 8.68. The van der Waals surface area contributed by atoms with E-state index in [0.717, 1.165) is 19.5 Å². The fourth-order valence-electron chi connectivity index (χ4n) is 2.10. The molecule has 96 valence electrons. The molecule has 1 rings (SSSR count). The summed E-state index contributed by atoms with van der Waals surface area (Å²) in [5, 5.41) is 9.06. The number of hydrogen-bond donors (Lipinski definition) is 2. The van der Waals surface area contributed by atoms with Crippen LogP contribution in [0.25, 0.3) is 0 Å². The standard InChI is InChI=1S/C13H28N2O/c1-13(2,3)12(14)7-8-15(9-10-16)11-5-4-6-11/h11-12,16H,4-10,14H2,1-3H3. The summed E-state index contributed by atoms with van der Waals surface area (Å²) in [5.74, 6) is 0. The van der Waals surface area contributed by atoms with Crippen LogP contribution in [-0.2, 0) is 0 Å². The summed E-state index contributed by atoms with van der Waals surface area (Å²) < 4.78 is 0. The molecule has 0 aliphatic heterocycles. The maximum atomic E-state index is 9.06. The van der Waals surface area contributed by atoms with E-state index >= 15 is 0 Å². The van der Waals surface area contributed by atoms with Gasteiger partial charge in [0.15, 0.2) is 0 Å². The largest absolute Gasteiger partial charge is 0.395 e. The second-order valence-electron chi connectivity index (χ2n) is 6.11. The van der Waals surface area contributed by atoms with E-state index in [1.165, 1.54) is 19.3 Å². The molecule has 0 heterocycles. The van der Waals surface area contributed by atoms with E-state index in [0.29, 0.717) is 6.04 Å². The van der Waals surface area contributed by atoms with Crippen LogP contribution in [0.4, 0.5) is 0 Å².